The molecular weight excluding hydrogens is 509 g/mol. The molecule has 2 aromatic carbocycles. The number of anilines is 1. The van der Waals surface area contributed by atoms with Gasteiger partial charge in [-0.05, 0) is 56.5 Å². The first-order valence-electron chi connectivity index (χ1n) is 11.5. The second kappa shape index (κ2) is 11.6. The van der Waals surface area contributed by atoms with Crippen molar-refractivity contribution in [3.63, 3.8) is 0 Å². The Morgan fingerprint density at radius 1 is 1.06 bits per heavy atom. The molecule has 0 heterocycles. The number of aryl methyl sites for hydroxylation is 1. The summed E-state index contributed by atoms with van der Waals surface area (Å²) in [5.41, 5.74) is 2.02. The molecule has 0 aliphatic heterocycles. The number of hydrogen-bond donors (Lipinski definition) is 1. The van der Waals surface area contributed by atoms with E-state index in [9.17, 15) is 18.0 Å². The third-order valence-electron chi connectivity index (χ3n) is 6.21. The van der Waals surface area contributed by atoms with Crippen molar-refractivity contribution < 1.29 is 18.0 Å². The number of carbonyl (C=O) groups excluding carboxylic acids is 2. The quantitative estimate of drug-likeness (QED) is 0.506. The average molecular weight is 541 g/mol. The van der Waals surface area contributed by atoms with Crippen LogP contribution in [0.1, 0.15) is 43.7 Å². The topological polar surface area (TPSA) is 86.8 Å². The summed E-state index contributed by atoms with van der Waals surface area (Å²) in [7, 11) is -3.76. The van der Waals surface area contributed by atoms with Gasteiger partial charge in [0.1, 0.15) is 12.6 Å². The van der Waals surface area contributed by atoms with E-state index < -0.39 is 28.5 Å². The fourth-order valence-electron chi connectivity index (χ4n) is 4.13. The molecule has 1 atom stereocenters. The van der Waals surface area contributed by atoms with Gasteiger partial charge in [0.15, 0.2) is 0 Å². The van der Waals surface area contributed by atoms with E-state index in [1.807, 2.05) is 6.92 Å². The molecule has 0 unspecified atom stereocenters. The first kappa shape index (κ1) is 27.3. The zero-order valence-corrected chi connectivity index (χ0v) is 22.5. The maximum atomic E-state index is 13.6. The highest BCUT2D eigenvalue weighted by molar-refractivity contribution is 7.92. The van der Waals surface area contributed by atoms with Crippen LogP contribution in [0.4, 0.5) is 5.69 Å². The summed E-state index contributed by atoms with van der Waals surface area (Å²) in [4.78, 5) is 28.0. The first-order valence-corrected chi connectivity index (χ1v) is 14.1. The van der Waals surface area contributed by atoms with Gasteiger partial charge in [0.2, 0.25) is 21.8 Å². The number of amides is 2. The molecule has 1 aliphatic carbocycles. The molecule has 2 aromatic rings. The van der Waals surface area contributed by atoms with Crippen molar-refractivity contribution in [3.8, 4) is 0 Å². The monoisotopic (exact) mass is 539 g/mol. The Morgan fingerprint density at radius 2 is 1.69 bits per heavy atom. The minimum atomic E-state index is -3.76. The summed E-state index contributed by atoms with van der Waals surface area (Å²) < 4.78 is 26.2. The van der Waals surface area contributed by atoms with Crippen molar-refractivity contribution in [1.82, 2.24) is 10.2 Å². The van der Waals surface area contributed by atoms with E-state index in [1.165, 1.54) is 4.90 Å². The minimum absolute atomic E-state index is 0.0699. The number of hydrogen-bond acceptors (Lipinski definition) is 4. The highest BCUT2D eigenvalue weighted by Crippen LogP contribution is 2.25. The maximum absolute atomic E-state index is 13.6. The molecular formula is C25H31Cl2N3O4S. The normalized spacial score (nSPS) is 15.0. The average Bonchev–Trinajstić information content (AvgIpc) is 3.30. The summed E-state index contributed by atoms with van der Waals surface area (Å²) in [6.07, 6.45) is 5.00. The molecule has 1 N–H and O–H groups in total. The summed E-state index contributed by atoms with van der Waals surface area (Å²) >= 11 is 12.2. The molecule has 0 saturated heterocycles. The van der Waals surface area contributed by atoms with E-state index in [0.29, 0.717) is 21.3 Å². The highest BCUT2D eigenvalue weighted by Gasteiger charge is 2.31. The lowest BCUT2D eigenvalue weighted by Crippen LogP contribution is -2.52. The van der Waals surface area contributed by atoms with Crippen LogP contribution in [-0.2, 0) is 26.2 Å². The smallest absolute Gasteiger partial charge is 0.244 e. The van der Waals surface area contributed by atoms with Crippen LogP contribution in [0.25, 0.3) is 0 Å². The molecule has 1 saturated carbocycles. The maximum Gasteiger partial charge on any atom is 0.244 e. The van der Waals surface area contributed by atoms with Gasteiger partial charge in [0, 0.05) is 12.6 Å². The van der Waals surface area contributed by atoms with E-state index >= 15 is 0 Å². The Morgan fingerprint density at radius 3 is 2.26 bits per heavy atom. The number of nitrogens with one attached hydrogen (secondary N) is 1. The number of halogens is 2. The molecule has 190 valence electrons. The Labute approximate surface area is 217 Å². The molecule has 10 heteroatoms. The Balaban J connectivity index is 1.88. The van der Waals surface area contributed by atoms with Crippen LogP contribution in [0.2, 0.25) is 10.0 Å². The van der Waals surface area contributed by atoms with Crippen LogP contribution in [0.3, 0.4) is 0 Å². The summed E-state index contributed by atoms with van der Waals surface area (Å²) in [5, 5.41) is 3.74. The van der Waals surface area contributed by atoms with Gasteiger partial charge in [-0.1, -0.05) is 59.8 Å². The molecule has 1 aliphatic rings. The predicted octanol–water partition coefficient (Wildman–Crippen LogP) is 4.54. The van der Waals surface area contributed by atoms with Gasteiger partial charge in [-0.15, -0.1) is 0 Å². The van der Waals surface area contributed by atoms with Crippen molar-refractivity contribution in [3.05, 3.63) is 63.6 Å². The second-order valence-electron chi connectivity index (χ2n) is 9.04. The Kier molecular flexibility index (Phi) is 9.07. The SMILES string of the molecule is Cc1ccc(N(CC(=O)N(Cc2ccc(Cl)c(Cl)c2)[C@@H](C)C(=O)NC2CCCC2)S(C)(=O)=O)cc1. The standard InChI is InChI=1S/C25H31Cl2N3O4S/c1-17-8-11-21(12-9-17)30(35(3,33)34)16-24(31)29(15-19-10-13-22(26)23(27)14-19)18(2)25(32)28-20-6-4-5-7-20/h8-14,18,20H,4-7,15-16H2,1-3H3,(H,28,32)/t18-/m0/s1. The zero-order valence-electron chi connectivity index (χ0n) is 20.1. The van der Waals surface area contributed by atoms with Gasteiger partial charge in [0.25, 0.3) is 0 Å². The van der Waals surface area contributed by atoms with Crippen LogP contribution in [0.5, 0.6) is 0 Å². The van der Waals surface area contributed by atoms with Crippen molar-refractivity contribution >= 4 is 50.7 Å². The van der Waals surface area contributed by atoms with Crippen LogP contribution in [-0.4, -0.2) is 50.0 Å². The molecule has 35 heavy (non-hydrogen) atoms. The highest BCUT2D eigenvalue weighted by atomic mass is 35.5. The lowest BCUT2D eigenvalue weighted by atomic mass is 10.1. The fraction of sp³-hybridized carbons (Fsp3) is 0.440. The largest absolute Gasteiger partial charge is 0.352 e. The van der Waals surface area contributed by atoms with Crippen LogP contribution >= 0.6 is 23.2 Å². The van der Waals surface area contributed by atoms with Gasteiger partial charge in [-0.25, -0.2) is 8.42 Å². The number of benzene rings is 2. The Bertz CT molecular complexity index is 1170. The van der Waals surface area contributed by atoms with E-state index in [-0.39, 0.29) is 18.5 Å². The molecule has 0 aromatic heterocycles. The van der Waals surface area contributed by atoms with Crippen molar-refractivity contribution in [2.75, 3.05) is 17.1 Å². The van der Waals surface area contributed by atoms with E-state index in [1.54, 1.807) is 49.4 Å². The third-order valence-corrected chi connectivity index (χ3v) is 8.09. The fourth-order valence-corrected chi connectivity index (χ4v) is 5.30. The molecule has 7 nitrogen and oxygen atoms in total. The lowest BCUT2D eigenvalue weighted by molar-refractivity contribution is -0.139. The second-order valence-corrected chi connectivity index (χ2v) is 11.8. The molecule has 0 spiro atoms. The van der Waals surface area contributed by atoms with Gasteiger partial charge in [0.05, 0.1) is 22.0 Å². The molecule has 3 rings (SSSR count). The summed E-state index contributed by atoms with van der Waals surface area (Å²) in [6.45, 7) is 3.17. The molecule has 1 fully saturated rings. The molecule has 0 bridgehead atoms. The van der Waals surface area contributed by atoms with Gasteiger partial charge in [-0.2, -0.15) is 0 Å². The Hall–Kier alpha value is -2.29. The summed E-state index contributed by atoms with van der Waals surface area (Å²) in [5.74, 6) is -0.775. The van der Waals surface area contributed by atoms with Crippen molar-refractivity contribution in [2.45, 2.75) is 58.2 Å². The van der Waals surface area contributed by atoms with E-state index in [4.69, 9.17) is 23.2 Å². The van der Waals surface area contributed by atoms with Crippen molar-refractivity contribution in [1.29, 1.82) is 0 Å². The molecule has 0 radical (unpaired) electrons. The van der Waals surface area contributed by atoms with Gasteiger partial charge in [-0.3, -0.25) is 13.9 Å². The first-order chi connectivity index (χ1) is 16.5. The van der Waals surface area contributed by atoms with Crippen molar-refractivity contribution in [2.24, 2.45) is 0 Å². The van der Waals surface area contributed by atoms with Crippen LogP contribution < -0.4 is 9.62 Å². The zero-order chi connectivity index (χ0) is 25.8. The minimum Gasteiger partial charge on any atom is -0.352 e. The van der Waals surface area contributed by atoms with E-state index in [0.717, 1.165) is 41.8 Å². The van der Waals surface area contributed by atoms with E-state index in [2.05, 4.69) is 5.32 Å². The lowest BCUT2D eigenvalue weighted by Gasteiger charge is -2.32. The summed E-state index contributed by atoms with van der Waals surface area (Å²) in [6, 6.07) is 11.1. The van der Waals surface area contributed by atoms with Crippen LogP contribution in [0, 0.1) is 6.92 Å². The number of rotatable bonds is 9. The number of carbonyl (C=O) groups is 2. The number of nitrogens with zero attached hydrogens (tertiary/aromatic N) is 2. The van der Waals surface area contributed by atoms with Gasteiger partial charge >= 0.3 is 0 Å². The third kappa shape index (κ3) is 7.35. The van der Waals surface area contributed by atoms with Gasteiger partial charge < -0.3 is 10.2 Å². The predicted molar refractivity (Wildman–Crippen MR) is 140 cm³/mol. The molecule has 2 amide bonds. The van der Waals surface area contributed by atoms with Crippen LogP contribution in [0.15, 0.2) is 42.5 Å². The number of sulfonamides is 1.